The van der Waals surface area contributed by atoms with E-state index in [9.17, 15) is 4.79 Å². The predicted octanol–water partition coefficient (Wildman–Crippen LogP) is 2.65. The maximum Gasteiger partial charge on any atom is 0.228 e. The molecule has 15 heavy (non-hydrogen) atoms. The van der Waals surface area contributed by atoms with E-state index in [2.05, 4.69) is 6.07 Å². The molecule has 0 bridgehead atoms. The molecule has 0 aromatic heterocycles. The molecule has 1 aliphatic rings. The molecule has 1 fully saturated rings. The molecule has 0 radical (unpaired) electrons. The highest BCUT2D eigenvalue weighted by Crippen LogP contribution is 2.27. The highest BCUT2D eigenvalue weighted by atomic mass is 35.5. The van der Waals surface area contributed by atoms with Gasteiger partial charge in [-0.25, -0.2) is 0 Å². The van der Waals surface area contributed by atoms with Crippen molar-refractivity contribution >= 4 is 23.2 Å². The van der Waals surface area contributed by atoms with Gasteiger partial charge in [-0.15, -0.1) is 11.6 Å². The normalized spacial score (nSPS) is 21.1. The van der Waals surface area contributed by atoms with Crippen LogP contribution >= 0.6 is 11.6 Å². The van der Waals surface area contributed by atoms with Gasteiger partial charge in [-0.1, -0.05) is 12.1 Å². The summed E-state index contributed by atoms with van der Waals surface area (Å²) in [5, 5.41) is -0.0441. The van der Waals surface area contributed by atoms with E-state index in [1.165, 1.54) is 5.56 Å². The lowest BCUT2D eigenvalue weighted by molar-refractivity contribution is -0.117. The summed E-state index contributed by atoms with van der Waals surface area (Å²) in [5.74, 6) is 0.128. The zero-order chi connectivity index (χ0) is 11.0. The summed E-state index contributed by atoms with van der Waals surface area (Å²) < 4.78 is 0. The lowest BCUT2D eigenvalue weighted by atomic mass is 10.1. The van der Waals surface area contributed by atoms with E-state index in [1.54, 1.807) is 4.90 Å². The minimum atomic E-state index is -0.0441. The number of alkyl halides is 1. The van der Waals surface area contributed by atoms with E-state index < -0.39 is 0 Å². The first kappa shape index (κ1) is 10.5. The maximum atomic E-state index is 11.7. The zero-order valence-electron chi connectivity index (χ0n) is 8.96. The van der Waals surface area contributed by atoms with Crippen LogP contribution in [0.3, 0.4) is 0 Å². The van der Waals surface area contributed by atoms with Crippen LogP contribution in [0.2, 0.25) is 0 Å². The molecule has 1 aliphatic heterocycles. The summed E-state index contributed by atoms with van der Waals surface area (Å²) in [6.07, 6.45) is 0.453. The maximum absolute atomic E-state index is 11.7. The average molecular weight is 224 g/mol. The van der Waals surface area contributed by atoms with E-state index in [0.717, 1.165) is 11.3 Å². The Morgan fingerprint density at radius 1 is 1.40 bits per heavy atom. The Labute approximate surface area is 94.8 Å². The Bertz CT molecular complexity index is 403. The van der Waals surface area contributed by atoms with Gasteiger partial charge in [0.05, 0.1) is 5.38 Å². The molecule has 1 amide bonds. The van der Waals surface area contributed by atoms with Gasteiger partial charge in [0.25, 0.3) is 0 Å². The van der Waals surface area contributed by atoms with E-state index >= 15 is 0 Å². The van der Waals surface area contributed by atoms with Crippen molar-refractivity contribution in [2.75, 3.05) is 11.4 Å². The molecule has 0 N–H and O–H groups in total. The lowest BCUT2D eigenvalue weighted by Crippen LogP contribution is -2.25. The standard InChI is InChI=1S/C12H14ClNO/c1-8-3-4-9(2)11(5-8)14-7-10(13)6-12(14)15/h3-5,10H,6-7H2,1-2H3. The van der Waals surface area contributed by atoms with Gasteiger partial charge in [-0.05, 0) is 31.0 Å². The van der Waals surface area contributed by atoms with Gasteiger partial charge in [0, 0.05) is 18.7 Å². The van der Waals surface area contributed by atoms with Crippen molar-refractivity contribution in [2.24, 2.45) is 0 Å². The number of carbonyl (C=O) groups is 1. The van der Waals surface area contributed by atoms with E-state index in [1.807, 2.05) is 26.0 Å². The van der Waals surface area contributed by atoms with Gasteiger partial charge in [0.15, 0.2) is 0 Å². The summed E-state index contributed by atoms with van der Waals surface area (Å²) in [6.45, 7) is 4.68. The number of halogens is 1. The molecule has 2 rings (SSSR count). The molecule has 1 unspecified atom stereocenters. The Kier molecular flexibility index (Phi) is 2.70. The summed E-state index contributed by atoms with van der Waals surface area (Å²) >= 11 is 5.98. The summed E-state index contributed by atoms with van der Waals surface area (Å²) in [5.41, 5.74) is 3.30. The fraction of sp³-hybridized carbons (Fsp3) is 0.417. The van der Waals surface area contributed by atoms with Crippen LogP contribution in [0.25, 0.3) is 0 Å². The van der Waals surface area contributed by atoms with Crippen molar-refractivity contribution in [3.63, 3.8) is 0 Å². The first-order valence-corrected chi connectivity index (χ1v) is 5.53. The van der Waals surface area contributed by atoms with Crippen LogP contribution in [0, 0.1) is 13.8 Å². The smallest absolute Gasteiger partial charge is 0.228 e. The highest BCUT2D eigenvalue weighted by Gasteiger charge is 2.29. The molecule has 1 aromatic carbocycles. The fourth-order valence-electron chi connectivity index (χ4n) is 1.91. The van der Waals surface area contributed by atoms with Crippen LogP contribution in [0.4, 0.5) is 5.69 Å². The number of aryl methyl sites for hydroxylation is 2. The van der Waals surface area contributed by atoms with Gasteiger partial charge >= 0.3 is 0 Å². The number of hydrogen-bond donors (Lipinski definition) is 0. The van der Waals surface area contributed by atoms with Gasteiger partial charge < -0.3 is 4.90 Å². The third kappa shape index (κ3) is 2.00. The molecule has 0 saturated carbocycles. The Balaban J connectivity index is 2.37. The highest BCUT2D eigenvalue weighted by molar-refractivity contribution is 6.24. The Morgan fingerprint density at radius 2 is 2.13 bits per heavy atom. The Hall–Kier alpha value is -1.02. The van der Waals surface area contributed by atoms with Gasteiger partial charge in [0.1, 0.15) is 0 Å². The number of nitrogens with zero attached hydrogens (tertiary/aromatic N) is 1. The van der Waals surface area contributed by atoms with Crippen molar-refractivity contribution in [3.8, 4) is 0 Å². The number of amides is 1. The van der Waals surface area contributed by atoms with Crippen molar-refractivity contribution in [3.05, 3.63) is 29.3 Å². The molecule has 1 saturated heterocycles. The molecule has 1 atom stereocenters. The minimum absolute atomic E-state index is 0.0441. The fourth-order valence-corrected chi connectivity index (χ4v) is 2.18. The van der Waals surface area contributed by atoms with Gasteiger partial charge in [-0.2, -0.15) is 0 Å². The van der Waals surface area contributed by atoms with Crippen LogP contribution < -0.4 is 4.90 Å². The number of hydrogen-bond acceptors (Lipinski definition) is 1. The Morgan fingerprint density at radius 3 is 2.73 bits per heavy atom. The summed E-state index contributed by atoms with van der Waals surface area (Å²) in [6, 6.07) is 6.14. The number of anilines is 1. The monoisotopic (exact) mass is 223 g/mol. The van der Waals surface area contributed by atoms with Crippen LogP contribution in [0.5, 0.6) is 0 Å². The quantitative estimate of drug-likeness (QED) is 0.671. The third-order valence-corrected chi connectivity index (χ3v) is 3.03. The molecule has 0 aliphatic carbocycles. The zero-order valence-corrected chi connectivity index (χ0v) is 9.71. The second kappa shape index (κ2) is 3.86. The van der Waals surface area contributed by atoms with E-state index in [0.29, 0.717) is 13.0 Å². The molecule has 0 spiro atoms. The molecule has 3 heteroatoms. The van der Waals surface area contributed by atoms with Crippen molar-refractivity contribution in [1.82, 2.24) is 0 Å². The van der Waals surface area contributed by atoms with Crippen molar-refractivity contribution in [2.45, 2.75) is 25.6 Å². The lowest BCUT2D eigenvalue weighted by Gasteiger charge is -2.18. The molecule has 2 nitrogen and oxygen atoms in total. The molecular formula is C12H14ClNO. The first-order chi connectivity index (χ1) is 7.08. The number of rotatable bonds is 1. The first-order valence-electron chi connectivity index (χ1n) is 5.09. The topological polar surface area (TPSA) is 20.3 Å². The molecular weight excluding hydrogens is 210 g/mol. The van der Waals surface area contributed by atoms with E-state index in [4.69, 9.17) is 11.6 Å². The summed E-state index contributed by atoms with van der Waals surface area (Å²) in [7, 11) is 0. The molecule has 80 valence electrons. The van der Waals surface area contributed by atoms with Crippen LogP contribution in [0.15, 0.2) is 18.2 Å². The van der Waals surface area contributed by atoms with Crippen LogP contribution in [-0.4, -0.2) is 17.8 Å². The SMILES string of the molecule is Cc1ccc(C)c(N2CC(Cl)CC2=O)c1. The van der Waals surface area contributed by atoms with E-state index in [-0.39, 0.29) is 11.3 Å². The van der Waals surface area contributed by atoms with Gasteiger partial charge in [0.2, 0.25) is 5.91 Å². The largest absolute Gasteiger partial charge is 0.311 e. The van der Waals surface area contributed by atoms with Crippen LogP contribution in [-0.2, 0) is 4.79 Å². The van der Waals surface area contributed by atoms with Crippen molar-refractivity contribution in [1.29, 1.82) is 0 Å². The van der Waals surface area contributed by atoms with Gasteiger partial charge in [-0.3, -0.25) is 4.79 Å². The van der Waals surface area contributed by atoms with Crippen molar-refractivity contribution < 1.29 is 4.79 Å². The summed E-state index contributed by atoms with van der Waals surface area (Å²) in [4.78, 5) is 13.5. The average Bonchev–Trinajstić information content (AvgIpc) is 2.50. The minimum Gasteiger partial charge on any atom is -0.311 e. The second-order valence-electron chi connectivity index (χ2n) is 4.10. The number of carbonyl (C=O) groups excluding carboxylic acids is 1. The third-order valence-electron chi connectivity index (χ3n) is 2.73. The molecule has 1 heterocycles. The number of benzene rings is 1. The van der Waals surface area contributed by atoms with Crippen LogP contribution in [0.1, 0.15) is 17.5 Å². The molecule has 1 aromatic rings. The second-order valence-corrected chi connectivity index (χ2v) is 4.71. The predicted molar refractivity (Wildman–Crippen MR) is 62.5 cm³/mol.